The smallest absolute Gasteiger partial charge is 0.372 e. The maximum Gasteiger partial charge on any atom is 0.476 e. The Morgan fingerprint density at radius 2 is 0.724 bits per heavy atom. The van der Waals surface area contributed by atoms with Crippen LogP contribution in [0.15, 0.2) is 194 Å². The summed E-state index contributed by atoms with van der Waals surface area (Å²) in [7, 11) is -4.30. The Morgan fingerprint density at radius 3 is 1.14 bits per heavy atom. The van der Waals surface area contributed by atoms with E-state index in [-0.39, 0.29) is 33.0 Å². The molecule has 0 aliphatic heterocycles. The molecule has 4 atom stereocenters. The lowest BCUT2D eigenvalue weighted by molar-refractivity contribution is -0.172. The fourth-order valence-electron chi connectivity index (χ4n) is 6.62. The van der Waals surface area contributed by atoms with Crippen LogP contribution in [0.4, 0.5) is 0 Å². The molecule has 298 valence electrons. The summed E-state index contributed by atoms with van der Waals surface area (Å²) in [5, 5.41) is 0. The average Bonchev–Trinajstić information content (AvgIpc) is 3.28. The van der Waals surface area contributed by atoms with Gasteiger partial charge in [0.05, 0.1) is 46.2 Å². The Bertz CT molecular complexity index is 2090. The topological polar surface area (TPSA) is 81.7 Å². The molecule has 0 amide bonds. The van der Waals surface area contributed by atoms with Gasteiger partial charge in [-0.25, -0.2) is 4.57 Å². The lowest BCUT2D eigenvalue weighted by atomic mass is 9.89. The van der Waals surface area contributed by atoms with E-state index in [0.717, 1.165) is 39.0 Å². The summed E-state index contributed by atoms with van der Waals surface area (Å²) < 4.78 is 60.8. The molecule has 6 aromatic rings. The summed E-state index contributed by atoms with van der Waals surface area (Å²) >= 11 is 0. The number of rotatable bonds is 21. The molecule has 0 spiro atoms. The molecule has 8 nitrogen and oxygen atoms in total. The lowest BCUT2D eigenvalue weighted by Crippen LogP contribution is -2.53. The van der Waals surface area contributed by atoms with E-state index in [4.69, 9.17) is 32.5 Å². The highest BCUT2D eigenvalue weighted by atomic mass is 31.2. The van der Waals surface area contributed by atoms with Crippen molar-refractivity contribution in [1.29, 1.82) is 0 Å². The highest BCUT2D eigenvalue weighted by Gasteiger charge is 2.47. The van der Waals surface area contributed by atoms with Crippen LogP contribution in [0.25, 0.3) is 0 Å². The van der Waals surface area contributed by atoms with Crippen molar-refractivity contribution in [3.63, 3.8) is 0 Å². The highest BCUT2D eigenvalue weighted by molar-refractivity contribution is 7.48. The Morgan fingerprint density at radius 1 is 0.379 bits per heavy atom. The van der Waals surface area contributed by atoms with E-state index in [2.05, 4.69) is 0 Å². The van der Waals surface area contributed by atoms with Crippen molar-refractivity contribution in [1.82, 2.24) is 0 Å². The van der Waals surface area contributed by atoms with Gasteiger partial charge in [-0.05, 0) is 45.0 Å². The van der Waals surface area contributed by atoms with Gasteiger partial charge in [0, 0.05) is 0 Å². The Labute approximate surface area is 341 Å². The second-order valence-electron chi connectivity index (χ2n) is 14.0. The van der Waals surface area contributed by atoms with Crippen LogP contribution in [0, 0.1) is 0 Å². The summed E-state index contributed by atoms with van der Waals surface area (Å²) in [5.41, 5.74) is 6.35. The molecule has 0 saturated carbocycles. The van der Waals surface area contributed by atoms with Gasteiger partial charge in [-0.15, -0.1) is 0 Å². The Hall–Kier alpha value is -4.99. The Kier molecular flexibility index (Phi) is 15.4. The van der Waals surface area contributed by atoms with E-state index in [9.17, 15) is 4.57 Å². The molecule has 0 heterocycles. The van der Waals surface area contributed by atoms with Gasteiger partial charge in [0.25, 0.3) is 0 Å². The average molecular weight is 797 g/mol. The molecule has 9 heteroatoms. The second-order valence-corrected chi connectivity index (χ2v) is 15.6. The number of phosphoric ester groups is 1. The molecular formula is C49H49O8P. The maximum absolute atomic E-state index is 15.0. The van der Waals surface area contributed by atoms with Gasteiger partial charge < -0.3 is 18.9 Å². The third kappa shape index (κ3) is 12.5. The van der Waals surface area contributed by atoms with Crippen molar-refractivity contribution in [3.05, 3.63) is 227 Å². The van der Waals surface area contributed by atoms with Gasteiger partial charge in [-0.1, -0.05) is 182 Å². The monoisotopic (exact) mass is 796 g/mol. The van der Waals surface area contributed by atoms with Gasteiger partial charge in [0.1, 0.15) is 24.4 Å². The molecule has 0 N–H and O–H groups in total. The van der Waals surface area contributed by atoms with Crippen LogP contribution in [0.5, 0.6) is 0 Å². The number of hydrogen-bond acceptors (Lipinski definition) is 8. The van der Waals surface area contributed by atoms with E-state index >= 15 is 0 Å². The molecule has 58 heavy (non-hydrogen) atoms. The zero-order valence-corrected chi connectivity index (χ0v) is 33.3. The van der Waals surface area contributed by atoms with Crippen LogP contribution in [0.3, 0.4) is 0 Å². The SMILES string of the molecule is O=P(OCc1ccccc1)(OCc1ccccc1)O[C@H]1C=C(COCc2ccccc2)[C@@H](OCc2ccccc2)[C@H](OCc2ccccc2)[C@H]1OCc1ccccc1. The first kappa shape index (κ1) is 41.2. The molecule has 1 aliphatic rings. The van der Waals surface area contributed by atoms with Crippen molar-refractivity contribution in [2.45, 2.75) is 64.1 Å². The van der Waals surface area contributed by atoms with Gasteiger partial charge in [-0.2, -0.15) is 0 Å². The number of benzene rings is 6. The second kappa shape index (κ2) is 21.7. The highest BCUT2D eigenvalue weighted by Crippen LogP contribution is 2.54. The van der Waals surface area contributed by atoms with Gasteiger partial charge in [0.2, 0.25) is 0 Å². The number of hydrogen-bond donors (Lipinski definition) is 0. The summed E-state index contributed by atoms with van der Waals surface area (Å²) in [4.78, 5) is 0. The summed E-state index contributed by atoms with van der Waals surface area (Å²) in [6.07, 6.45) is -1.27. The minimum Gasteiger partial charge on any atom is -0.372 e. The fraction of sp³-hybridized carbons (Fsp3) is 0.224. The van der Waals surface area contributed by atoms with Crippen LogP contribution in [0.1, 0.15) is 33.4 Å². The first-order valence-corrected chi connectivity index (χ1v) is 21.0. The van der Waals surface area contributed by atoms with E-state index in [1.54, 1.807) is 0 Å². The van der Waals surface area contributed by atoms with Crippen LogP contribution >= 0.6 is 7.82 Å². The minimum atomic E-state index is -4.30. The molecule has 1 aliphatic carbocycles. The van der Waals surface area contributed by atoms with E-state index < -0.39 is 32.2 Å². The van der Waals surface area contributed by atoms with E-state index in [0.29, 0.717) is 13.2 Å². The summed E-state index contributed by atoms with van der Waals surface area (Å²) in [5.74, 6) is 0. The zero-order chi connectivity index (χ0) is 39.7. The van der Waals surface area contributed by atoms with Crippen LogP contribution in [0.2, 0.25) is 0 Å². The standard InChI is InChI=1S/C49H49O8P/c50-58(55-36-43-27-15-5-16-28-43,56-37-44-29-17-6-18-30-44)57-46-31-45(38-51-32-39-19-7-1-8-20-39)47(52-33-40-21-9-2-10-22-40)49(54-35-42-25-13-4-14-26-42)48(46)53-34-41-23-11-3-12-24-41/h1-31,46-49H,32-38H2/t46-,47+,48-,49-/m0/s1. The summed E-state index contributed by atoms with van der Waals surface area (Å²) in [6.45, 7) is 1.37. The van der Waals surface area contributed by atoms with E-state index in [1.165, 1.54) is 0 Å². The predicted molar refractivity (Wildman–Crippen MR) is 224 cm³/mol. The van der Waals surface area contributed by atoms with Crippen LogP contribution in [-0.2, 0) is 76.7 Å². The minimum absolute atomic E-state index is 0.00265. The molecule has 0 unspecified atom stereocenters. The largest absolute Gasteiger partial charge is 0.476 e. The van der Waals surface area contributed by atoms with Crippen LogP contribution in [-0.4, -0.2) is 31.0 Å². The molecule has 7 rings (SSSR count). The van der Waals surface area contributed by atoms with Gasteiger partial charge in [0.15, 0.2) is 0 Å². The van der Waals surface area contributed by atoms with Crippen LogP contribution < -0.4 is 0 Å². The first-order valence-electron chi connectivity index (χ1n) is 19.5. The molecule has 0 radical (unpaired) electrons. The molecule has 6 aromatic carbocycles. The number of phosphoric acid groups is 1. The number of ether oxygens (including phenoxy) is 4. The Balaban J connectivity index is 1.26. The lowest BCUT2D eigenvalue weighted by Gasteiger charge is -2.42. The normalized spacial score (nSPS) is 18.1. The first-order chi connectivity index (χ1) is 28.6. The molecular weight excluding hydrogens is 748 g/mol. The maximum atomic E-state index is 15.0. The summed E-state index contributed by atoms with van der Waals surface area (Å²) in [6, 6.07) is 58.9. The molecule has 0 aromatic heterocycles. The van der Waals surface area contributed by atoms with Gasteiger partial charge in [-0.3, -0.25) is 13.6 Å². The van der Waals surface area contributed by atoms with Crippen molar-refractivity contribution in [3.8, 4) is 0 Å². The molecule has 0 fully saturated rings. The predicted octanol–water partition coefficient (Wildman–Crippen LogP) is 10.8. The third-order valence-corrected chi connectivity index (χ3v) is 11.0. The zero-order valence-electron chi connectivity index (χ0n) is 32.4. The molecule has 0 bridgehead atoms. The fourth-order valence-corrected chi connectivity index (χ4v) is 7.91. The van der Waals surface area contributed by atoms with E-state index in [1.807, 2.05) is 188 Å². The van der Waals surface area contributed by atoms with Crippen molar-refractivity contribution >= 4 is 7.82 Å². The van der Waals surface area contributed by atoms with Crippen molar-refractivity contribution in [2.24, 2.45) is 0 Å². The molecule has 0 saturated heterocycles. The third-order valence-electron chi connectivity index (χ3n) is 9.63. The van der Waals surface area contributed by atoms with Crippen molar-refractivity contribution in [2.75, 3.05) is 6.61 Å². The van der Waals surface area contributed by atoms with Crippen molar-refractivity contribution < 1.29 is 37.1 Å². The van der Waals surface area contributed by atoms with Gasteiger partial charge >= 0.3 is 7.82 Å². The quantitative estimate of drug-likeness (QED) is 0.0526.